The second-order valence-electron chi connectivity index (χ2n) is 6.91. The number of nitrogens with one attached hydrogen (secondary N) is 2. The van der Waals surface area contributed by atoms with Crippen LogP contribution < -0.4 is 10.6 Å². The van der Waals surface area contributed by atoms with Crippen molar-refractivity contribution in [2.45, 2.75) is 70.4 Å². The number of piperidine rings is 1. The molecule has 1 heterocycles. The minimum absolute atomic E-state index is 0. The molecule has 2 rings (SSSR count). The number of hydrogen-bond donors (Lipinski definition) is 2. The van der Waals surface area contributed by atoms with E-state index in [0.717, 1.165) is 12.5 Å². The van der Waals surface area contributed by atoms with Gasteiger partial charge in [0.2, 0.25) is 0 Å². The molecule has 5 heteroatoms. The Hall–Kier alpha value is -0.0400. The molecule has 124 valence electrons. The average molecular weight is 408 g/mol. The molecule has 0 aromatic rings. The molecule has 2 fully saturated rings. The van der Waals surface area contributed by atoms with Crippen LogP contribution in [0.3, 0.4) is 0 Å². The maximum Gasteiger partial charge on any atom is 0.191 e. The van der Waals surface area contributed by atoms with Crippen molar-refractivity contribution in [2.75, 3.05) is 26.7 Å². The van der Waals surface area contributed by atoms with Gasteiger partial charge in [-0.1, -0.05) is 19.3 Å². The lowest BCUT2D eigenvalue weighted by Crippen LogP contribution is -2.55. The molecular formula is C16H33IN4. The summed E-state index contributed by atoms with van der Waals surface area (Å²) < 4.78 is 0. The molecule has 0 bridgehead atoms. The first-order chi connectivity index (χ1) is 9.62. The molecule has 0 unspecified atom stereocenters. The predicted molar refractivity (Wildman–Crippen MR) is 102 cm³/mol. The number of aliphatic imine (C=N–C) groups is 1. The summed E-state index contributed by atoms with van der Waals surface area (Å²) in [6.07, 6.45) is 9.37. The Balaban J connectivity index is 0.00000220. The molecule has 4 nitrogen and oxygen atoms in total. The van der Waals surface area contributed by atoms with Gasteiger partial charge in [0.05, 0.1) is 0 Å². The van der Waals surface area contributed by atoms with E-state index in [2.05, 4.69) is 34.4 Å². The molecule has 0 radical (unpaired) electrons. The van der Waals surface area contributed by atoms with Gasteiger partial charge in [0.1, 0.15) is 0 Å². The zero-order valence-corrected chi connectivity index (χ0v) is 16.3. The maximum atomic E-state index is 4.38. The third-order valence-corrected chi connectivity index (χ3v) is 4.82. The third kappa shape index (κ3) is 5.93. The lowest BCUT2D eigenvalue weighted by atomic mass is 9.98. The van der Waals surface area contributed by atoms with Gasteiger partial charge in [0.25, 0.3) is 0 Å². The molecule has 2 aliphatic rings. The van der Waals surface area contributed by atoms with Crippen LogP contribution >= 0.6 is 24.0 Å². The van der Waals surface area contributed by atoms with Gasteiger partial charge in [0.15, 0.2) is 5.96 Å². The minimum Gasteiger partial charge on any atom is -0.355 e. The van der Waals surface area contributed by atoms with E-state index in [0.29, 0.717) is 6.04 Å². The first-order valence-electron chi connectivity index (χ1n) is 8.34. The standard InChI is InChI=1S/C16H32N4.HI/c1-16(2,20-11-7-4-8-12-20)13-18-15(17-3)19-14-9-5-6-10-14;/h14H,4-13H2,1-3H3,(H2,17,18,19);1H. The van der Waals surface area contributed by atoms with Crippen molar-refractivity contribution < 1.29 is 0 Å². The Kier molecular flexibility index (Phi) is 8.31. The maximum absolute atomic E-state index is 4.38. The zero-order chi connectivity index (χ0) is 14.4. The van der Waals surface area contributed by atoms with E-state index in [9.17, 15) is 0 Å². The van der Waals surface area contributed by atoms with Crippen molar-refractivity contribution >= 4 is 29.9 Å². The van der Waals surface area contributed by atoms with Crippen LogP contribution in [-0.4, -0.2) is 49.1 Å². The zero-order valence-electron chi connectivity index (χ0n) is 14.0. The summed E-state index contributed by atoms with van der Waals surface area (Å²) in [5.41, 5.74) is 0.202. The van der Waals surface area contributed by atoms with Crippen molar-refractivity contribution in [2.24, 2.45) is 4.99 Å². The summed E-state index contributed by atoms with van der Waals surface area (Å²) in [5.74, 6) is 0.974. The first-order valence-corrected chi connectivity index (χ1v) is 8.34. The quantitative estimate of drug-likeness (QED) is 0.427. The molecule has 0 atom stereocenters. The van der Waals surface area contributed by atoms with Crippen LogP contribution in [0.25, 0.3) is 0 Å². The number of rotatable bonds is 4. The van der Waals surface area contributed by atoms with E-state index >= 15 is 0 Å². The summed E-state index contributed by atoms with van der Waals surface area (Å²) in [6, 6.07) is 0.624. The second-order valence-corrected chi connectivity index (χ2v) is 6.91. The second kappa shape index (κ2) is 9.18. The average Bonchev–Trinajstić information content (AvgIpc) is 2.97. The summed E-state index contributed by atoms with van der Waals surface area (Å²) in [6.45, 7) is 8.12. The molecule has 0 spiro atoms. The smallest absolute Gasteiger partial charge is 0.191 e. The summed E-state index contributed by atoms with van der Waals surface area (Å²) in [4.78, 5) is 6.99. The highest BCUT2D eigenvalue weighted by Gasteiger charge is 2.28. The lowest BCUT2D eigenvalue weighted by Gasteiger charge is -2.41. The van der Waals surface area contributed by atoms with Gasteiger partial charge >= 0.3 is 0 Å². The number of nitrogens with zero attached hydrogens (tertiary/aromatic N) is 2. The van der Waals surface area contributed by atoms with Crippen LogP contribution in [0.5, 0.6) is 0 Å². The number of hydrogen-bond acceptors (Lipinski definition) is 2. The largest absolute Gasteiger partial charge is 0.355 e. The molecule has 2 N–H and O–H groups in total. The molecule has 1 aliphatic heterocycles. The van der Waals surface area contributed by atoms with Crippen LogP contribution in [0.4, 0.5) is 0 Å². The molecule has 0 aromatic carbocycles. The molecule has 1 saturated heterocycles. The monoisotopic (exact) mass is 408 g/mol. The normalized spacial score (nSPS) is 22.0. The van der Waals surface area contributed by atoms with Crippen molar-refractivity contribution in [1.82, 2.24) is 15.5 Å². The number of halogens is 1. The number of likely N-dealkylation sites (tertiary alicyclic amines) is 1. The Morgan fingerprint density at radius 1 is 1.10 bits per heavy atom. The van der Waals surface area contributed by atoms with Crippen LogP contribution in [0.15, 0.2) is 4.99 Å². The molecule has 21 heavy (non-hydrogen) atoms. The van der Waals surface area contributed by atoms with Crippen LogP contribution in [0.2, 0.25) is 0 Å². The van der Waals surface area contributed by atoms with Gasteiger partial charge < -0.3 is 10.6 Å². The fraction of sp³-hybridized carbons (Fsp3) is 0.938. The van der Waals surface area contributed by atoms with Gasteiger partial charge in [-0.25, -0.2) is 0 Å². The van der Waals surface area contributed by atoms with E-state index in [4.69, 9.17) is 0 Å². The van der Waals surface area contributed by atoms with Gasteiger partial charge in [-0.3, -0.25) is 9.89 Å². The van der Waals surface area contributed by atoms with Gasteiger partial charge in [-0.15, -0.1) is 24.0 Å². The van der Waals surface area contributed by atoms with Crippen molar-refractivity contribution in [3.63, 3.8) is 0 Å². The van der Waals surface area contributed by atoms with Crippen LogP contribution in [0, 0.1) is 0 Å². The Labute approximate surface area is 147 Å². The fourth-order valence-electron chi connectivity index (χ4n) is 3.37. The fourth-order valence-corrected chi connectivity index (χ4v) is 3.37. The van der Waals surface area contributed by atoms with Gasteiger partial charge in [0, 0.05) is 25.2 Å². The van der Waals surface area contributed by atoms with Gasteiger partial charge in [-0.2, -0.15) is 0 Å². The van der Waals surface area contributed by atoms with Crippen molar-refractivity contribution in [3.05, 3.63) is 0 Å². The highest BCUT2D eigenvalue weighted by Crippen LogP contribution is 2.20. The molecule has 0 aromatic heterocycles. The van der Waals surface area contributed by atoms with E-state index in [1.807, 2.05) is 7.05 Å². The topological polar surface area (TPSA) is 39.7 Å². The highest BCUT2D eigenvalue weighted by atomic mass is 127. The lowest BCUT2D eigenvalue weighted by molar-refractivity contribution is 0.0982. The van der Waals surface area contributed by atoms with Gasteiger partial charge in [-0.05, 0) is 52.6 Å². The minimum atomic E-state index is 0. The van der Waals surface area contributed by atoms with Crippen molar-refractivity contribution in [3.8, 4) is 0 Å². The Morgan fingerprint density at radius 3 is 2.29 bits per heavy atom. The summed E-state index contributed by atoms with van der Waals surface area (Å²) in [7, 11) is 1.87. The Morgan fingerprint density at radius 2 is 1.71 bits per heavy atom. The number of guanidine groups is 1. The van der Waals surface area contributed by atoms with Crippen LogP contribution in [0.1, 0.15) is 58.8 Å². The van der Waals surface area contributed by atoms with Crippen LogP contribution in [-0.2, 0) is 0 Å². The molecular weight excluding hydrogens is 375 g/mol. The highest BCUT2D eigenvalue weighted by molar-refractivity contribution is 14.0. The SMILES string of the molecule is CN=C(NCC(C)(C)N1CCCCC1)NC1CCCC1.I. The third-order valence-electron chi connectivity index (χ3n) is 4.82. The Bertz CT molecular complexity index is 318. The molecule has 1 saturated carbocycles. The van der Waals surface area contributed by atoms with E-state index < -0.39 is 0 Å². The van der Waals surface area contributed by atoms with E-state index in [1.54, 1.807) is 0 Å². The molecule has 0 amide bonds. The predicted octanol–water partition coefficient (Wildman–Crippen LogP) is 2.98. The van der Waals surface area contributed by atoms with Crippen molar-refractivity contribution in [1.29, 1.82) is 0 Å². The summed E-state index contributed by atoms with van der Waals surface area (Å²) >= 11 is 0. The molecule has 1 aliphatic carbocycles. The van der Waals surface area contributed by atoms with E-state index in [-0.39, 0.29) is 29.5 Å². The first kappa shape index (κ1) is 19.0. The van der Waals surface area contributed by atoms with E-state index in [1.165, 1.54) is 58.0 Å². The summed E-state index contributed by atoms with van der Waals surface area (Å²) in [5, 5.41) is 7.09.